The predicted molar refractivity (Wildman–Crippen MR) is 130 cm³/mol. The van der Waals surface area contributed by atoms with Crippen molar-refractivity contribution in [2.24, 2.45) is 13.0 Å². The minimum Gasteiger partial charge on any atom is -0.303 e. The van der Waals surface area contributed by atoms with Crippen molar-refractivity contribution < 1.29 is 26.0 Å². The fourth-order valence-electron chi connectivity index (χ4n) is 5.30. The lowest BCUT2D eigenvalue weighted by Gasteiger charge is -2.35. The summed E-state index contributed by atoms with van der Waals surface area (Å²) in [6.45, 7) is 2.52. The first-order valence-corrected chi connectivity index (χ1v) is 13.7. The molecule has 37 heavy (non-hydrogen) atoms. The summed E-state index contributed by atoms with van der Waals surface area (Å²) < 4.78 is 84.0. The Hall–Kier alpha value is -2.76. The number of rotatable bonds is 8. The number of halogens is 4. The molecule has 1 saturated heterocycles. The van der Waals surface area contributed by atoms with Gasteiger partial charge in [-0.3, -0.25) is 4.68 Å². The number of nitrogens with zero attached hydrogens (tertiary/aromatic N) is 3. The molecular weight excluding hydrogens is 508 g/mol. The van der Waals surface area contributed by atoms with E-state index in [9.17, 15) is 21.6 Å². The molecule has 3 aromatic rings. The van der Waals surface area contributed by atoms with E-state index in [4.69, 9.17) is 0 Å². The van der Waals surface area contributed by atoms with Gasteiger partial charge in [0.05, 0.1) is 11.8 Å². The highest BCUT2D eigenvalue weighted by atomic mass is 32.2. The van der Waals surface area contributed by atoms with Crippen molar-refractivity contribution in [3.8, 4) is 0 Å². The molecule has 1 aromatic heterocycles. The summed E-state index contributed by atoms with van der Waals surface area (Å²) >= 11 is 0. The zero-order valence-corrected chi connectivity index (χ0v) is 21.1. The highest BCUT2D eigenvalue weighted by molar-refractivity contribution is 7.89. The number of aryl methyl sites for hydroxylation is 1. The van der Waals surface area contributed by atoms with Crippen LogP contribution in [-0.2, 0) is 42.6 Å². The Morgan fingerprint density at radius 3 is 2.59 bits per heavy atom. The molecule has 2 aromatic carbocycles. The highest BCUT2D eigenvalue weighted by Gasteiger charge is 2.36. The van der Waals surface area contributed by atoms with Crippen molar-refractivity contribution in [1.82, 2.24) is 19.4 Å². The van der Waals surface area contributed by atoms with Gasteiger partial charge >= 0.3 is 6.18 Å². The standard InChI is InChI=1S/C26H28F4N4O2S/c1-33-16-22(14-31-33)37(35,36)32-13-19-11-24-18(12-25(19)27)10-20(15-34-6-3-7-34)23(24)9-17-4-2-5-21(8-17)26(28,29)30/h2,4-5,8,11-12,14,16,20,23,32H,3,6-7,9-10,13,15H2,1H3. The van der Waals surface area contributed by atoms with Gasteiger partial charge in [-0.15, -0.1) is 0 Å². The summed E-state index contributed by atoms with van der Waals surface area (Å²) in [5.41, 5.74) is 1.79. The molecule has 1 aliphatic heterocycles. The van der Waals surface area contributed by atoms with Crippen LogP contribution < -0.4 is 4.72 Å². The molecule has 0 amide bonds. The van der Waals surface area contributed by atoms with Crippen LogP contribution in [0.2, 0.25) is 0 Å². The zero-order valence-electron chi connectivity index (χ0n) is 20.3. The summed E-state index contributed by atoms with van der Waals surface area (Å²) in [5.74, 6) is -0.477. The number of alkyl halides is 3. The molecule has 5 rings (SSSR count). The number of hydrogen-bond acceptors (Lipinski definition) is 4. The summed E-state index contributed by atoms with van der Waals surface area (Å²) in [5, 5.41) is 3.87. The molecule has 2 aliphatic rings. The summed E-state index contributed by atoms with van der Waals surface area (Å²) in [6, 6.07) is 8.50. The number of nitrogens with one attached hydrogen (secondary N) is 1. The quantitative estimate of drug-likeness (QED) is 0.437. The third-order valence-corrected chi connectivity index (χ3v) is 8.71. The fourth-order valence-corrected chi connectivity index (χ4v) is 6.29. The number of aromatic nitrogens is 2. The van der Waals surface area contributed by atoms with Crippen LogP contribution in [-0.4, -0.2) is 42.7 Å². The molecule has 11 heteroatoms. The van der Waals surface area contributed by atoms with Crippen LogP contribution in [0.3, 0.4) is 0 Å². The average Bonchev–Trinajstić information content (AvgIpc) is 3.38. The van der Waals surface area contributed by atoms with Gasteiger partial charge in [0.2, 0.25) is 10.0 Å². The number of hydrogen-bond donors (Lipinski definition) is 1. The van der Waals surface area contributed by atoms with Crippen molar-refractivity contribution in [2.75, 3.05) is 19.6 Å². The Morgan fingerprint density at radius 1 is 1.16 bits per heavy atom. The van der Waals surface area contributed by atoms with E-state index in [2.05, 4.69) is 14.7 Å². The predicted octanol–water partition coefficient (Wildman–Crippen LogP) is 4.26. The van der Waals surface area contributed by atoms with Crippen LogP contribution in [0.25, 0.3) is 0 Å². The number of sulfonamides is 1. The molecular formula is C26H28F4N4O2S. The molecule has 1 N–H and O–H groups in total. The van der Waals surface area contributed by atoms with Crippen molar-refractivity contribution >= 4 is 10.0 Å². The maximum atomic E-state index is 15.0. The van der Waals surface area contributed by atoms with Crippen molar-refractivity contribution in [3.63, 3.8) is 0 Å². The van der Waals surface area contributed by atoms with Gasteiger partial charge in [-0.1, -0.05) is 24.3 Å². The SMILES string of the molecule is Cn1cc(S(=O)(=O)NCc2cc3c(cc2F)CC(CN2CCC2)C3Cc2cccc(C(F)(F)F)c2)cn1. The van der Waals surface area contributed by atoms with Gasteiger partial charge in [0.15, 0.2) is 0 Å². The monoisotopic (exact) mass is 536 g/mol. The lowest BCUT2D eigenvalue weighted by Crippen LogP contribution is -2.41. The second-order valence-corrected chi connectivity index (χ2v) is 11.7. The van der Waals surface area contributed by atoms with Gasteiger partial charge in [-0.2, -0.15) is 18.3 Å². The van der Waals surface area contributed by atoms with Gasteiger partial charge in [-0.05, 0) is 73.0 Å². The van der Waals surface area contributed by atoms with E-state index in [1.807, 2.05) is 0 Å². The van der Waals surface area contributed by atoms with Crippen molar-refractivity contribution in [2.45, 2.75) is 42.8 Å². The first-order valence-electron chi connectivity index (χ1n) is 12.2. The minimum atomic E-state index is -4.43. The number of benzene rings is 2. The molecule has 0 bridgehead atoms. The molecule has 0 spiro atoms. The van der Waals surface area contributed by atoms with Crippen LogP contribution in [0, 0.1) is 11.7 Å². The molecule has 2 unspecified atom stereocenters. The van der Waals surface area contributed by atoms with Crippen LogP contribution in [0.5, 0.6) is 0 Å². The Labute approximate surface area is 213 Å². The number of fused-ring (bicyclic) bond motifs is 1. The van der Waals surface area contributed by atoms with E-state index < -0.39 is 27.6 Å². The largest absolute Gasteiger partial charge is 0.416 e. The maximum Gasteiger partial charge on any atom is 0.416 e. The lowest BCUT2D eigenvalue weighted by atomic mass is 9.85. The molecule has 0 radical (unpaired) electrons. The van der Waals surface area contributed by atoms with Crippen LogP contribution >= 0.6 is 0 Å². The second kappa shape index (κ2) is 9.85. The third kappa shape index (κ3) is 5.58. The fraction of sp³-hybridized carbons (Fsp3) is 0.423. The van der Waals surface area contributed by atoms with Crippen LogP contribution in [0.4, 0.5) is 17.6 Å². The first-order chi connectivity index (χ1) is 17.5. The Kier molecular flexibility index (Phi) is 6.88. The molecule has 2 heterocycles. The normalized spacial score (nSPS) is 20.1. The highest BCUT2D eigenvalue weighted by Crippen LogP contribution is 2.42. The van der Waals surface area contributed by atoms with Crippen LogP contribution in [0.15, 0.2) is 53.7 Å². The van der Waals surface area contributed by atoms with Crippen molar-refractivity contribution in [1.29, 1.82) is 0 Å². The minimum absolute atomic E-state index is 0.0198. The van der Waals surface area contributed by atoms with Gasteiger partial charge in [0.1, 0.15) is 10.7 Å². The molecule has 2 atom stereocenters. The van der Waals surface area contributed by atoms with Crippen LogP contribution in [0.1, 0.15) is 40.2 Å². The van der Waals surface area contributed by atoms with Crippen molar-refractivity contribution in [3.05, 3.63) is 82.4 Å². The Bertz CT molecular complexity index is 1400. The summed E-state index contributed by atoms with van der Waals surface area (Å²) in [6.07, 6.45) is 0.284. The van der Waals surface area contributed by atoms with Gasteiger partial charge in [0.25, 0.3) is 0 Å². The second-order valence-electron chi connectivity index (χ2n) is 9.94. The molecule has 1 fully saturated rings. The third-order valence-electron chi connectivity index (χ3n) is 7.35. The van der Waals surface area contributed by atoms with E-state index in [1.54, 1.807) is 19.2 Å². The molecule has 0 saturated carbocycles. The summed E-state index contributed by atoms with van der Waals surface area (Å²) in [4.78, 5) is 2.29. The molecule has 1 aliphatic carbocycles. The van der Waals surface area contributed by atoms with E-state index >= 15 is 4.39 Å². The molecule has 198 valence electrons. The maximum absolute atomic E-state index is 15.0. The summed E-state index contributed by atoms with van der Waals surface area (Å²) in [7, 11) is -2.29. The smallest absolute Gasteiger partial charge is 0.303 e. The Morgan fingerprint density at radius 2 is 1.95 bits per heavy atom. The van der Waals surface area contributed by atoms with Gasteiger partial charge in [-0.25, -0.2) is 17.5 Å². The van der Waals surface area contributed by atoms with E-state index in [0.29, 0.717) is 18.4 Å². The van der Waals surface area contributed by atoms with E-state index in [1.165, 1.54) is 35.3 Å². The van der Waals surface area contributed by atoms with Gasteiger partial charge < -0.3 is 4.90 Å². The Balaban J connectivity index is 1.42. The average molecular weight is 537 g/mol. The lowest BCUT2D eigenvalue weighted by molar-refractivity contribution is -0.137. The zero-order chi connectivity index (χ0) is 26.4. The van der Waals surface area contributed by atoms with E-state index in [-0.39, 0.29) is 28.8 Å². The topological polar surface area (TPSA) is 67.2 Å². The number of likely N-dealkylation sites (tertiary alicyclic amines) is 1. The van der Waals surface area contributed by atoms with E-state index in [0.717, 1.165) is 43.2 Å². The first kappa shape index (κ1) is 25.9. The van der Waals surface area contributed by atoms with Gasteiger partial charge in [0, 0.05) is 31.9 Å². The molecule has 6 nitrogen and oxygen atoms in total.